The van der Waals surface area contributed by atoms with Gasteiger partial charge < -0.3 is 14.6 Å². The van der Waals surface area contributed by atoms with Gasteiger partial charge in [0.25, 0.3) is 11.8 Å². The summed E-state index contributed by atoms with van der Waals surface area (Å²) in [6, 6.07) is 16.3. The standard InChI is InChI=1S/C19H14N2O3S/c1-21-14-9-8-12(20-18(22)15-6-4-10-24-15)11-17(14)25-16-7-3-2-5-13(16)19(21)23/h2-11H,1H3,(H,20,22). The van der Waals surface area contributed by atoms with Crippen LogP contribution in [0.1, 0.15) is 20.9 Å². The lowest BCUT2D eigenvalue weighted by Crippen LogP contribution is -2.26. The van der Waals surface area contributed by atoms with E-state index >= 15 is 0 Å². The Morgan fingerprint density at radius 2 is 1.92 bits per heavy atom. The summed E-state index contributed by atoms with van der Waals surface area (Å²) in [6.45, 7) is 0. The van der Waals surface area contributed by atoms with Gasteiger partial charge in [-0.3, -0.25) is 9.59 Å². The third-order valence-corrected chi connectivity index (χ3v) is 5.09. The number of hydrogen-bond acceptors (Lipinski definition) is 4. The monoisotopic (exact) mass is 350 g/mol. The van der Waals surface area contributed by atoms with E-state index in [1.165, 1.54) is 18.0 Å². The Bertz CT molecular complexity index is 967. The second kappa shape index (κ2) is 6.14. The minimum atomic E-state index is -0.312. The molecule has 0 radical (unpaired) electrons. The molecule has 0 fully saturated rings. The fourth-order valence-electron chi connectivity index (χ4n) is 2.69. The summed E-state index contributed by atoms with van der Waals surface area (Å²) in [5.41, 5.74) is 2.13. The molecule has 1 N–H and O–H groups in total. The van der Waals surface area contributed by atoms with Crippen LogP contribution >= 0.6 is 11.8 Å². The van der Waals surface area contributed by atoms with Crippen LogP contribution in [0, 0.1) is 0 Å². The molecular formula is C19H14N2O3S. The Labute approximate surface area is 148 Å². The van der Waals surface area contributed by atoms with E-state index in [1.54, 1.807) is 30.1 Å². The van der Waals surface area contributed by atoms with Crippen molar-refractivity contribution in [3.05, 3.63) is 72.2 Å². The summed E-state index contributed by atoms with van der Waals surface area (Å²) in [6.07, 6.45) is 1.46. The van der Waals surface area contributed by atoms with Gasteiger partial charge in [-0.05, 0) is 42.5 Å². The van der Waals surface area contributed by atoms with E-state index in [0.29, 0.717) is 11.3 Å². The molecule has 0 saturated carbocycles. The highest BCUT2D eigenvalue weighted by molar-refractivity contribution is 7.99. The molecule has 0 unspecified atom stereocenters. The van der Waals surface area contributed by atoms with Crippen LogP contribution < -0.4 is 10.2 Å². The maximum Gasteiger partial charge on any atom is 0.291 e. The Morgan fingerprint density at radius 1 is 1.08 bits per heavy atom. The molecule has 2 aromatic carbocycles. The van der Waals surface area contributed by atoms with Crippen molar-refractivity contribution in [2.75, 3.05) is 17.3 Å². The third kappa shape index (κ3) is 2.81. The lowest BCUT2D eigenvalue weighted by molar-refractivity contribution is 0.0985. The lowest BCUT2D eigenvalue weighted by Gasteiger charge is -2.18. The summed E-state index contributed by atoms with van der Waals surface area (Å²) in [5, 5.41) is 2.82. The zero-order chi connectivity index (χ0) is 17.4. The molecule has 0 saturated heterocycles. The van der Waals surface area contributed by atoms with Gasteiger partial charge >= 0.3 is 0 Å². The summed E-state index contributed by atoms with van der Waals surface area (Å²) >= 11 is 1.51. The van der Waals surface area contributed by atoms with Crippen LogP contribution in [0.25, 0.3) is 0 Å². The number of furan rings is 1. The molecule has 25 heavy (non-hydrogen) atoms. The van der Waals surface area contributed by atoms with Crippen LogP contribution in [0.2, 0.25) is 0 Å². The predicted molar refractivity (Wildman–Crippen MR) is 96.4 cm³/mol. The van der Waals surface area contributed by atoms with E-state index in [4.69, 9.17) is 4.42 Å². The second-order valence-electron chi connectivity index (χ2n) is 5.58. The van der Waals surface area contributed by atoms with Crippen molar-refractivity contribution in [1.29, 1.82) is 0 Å². The van der Waals surface area contributed by atoms with Crippen LogP contribution in [0.15, 0.2) is 75.1 Å². The molecule has 2 heterocycles. The number of fused-ring (bicyclic) bond motifs is 2. The molecule has 2 amide bonds. The minimum Gasteiger partial charge on any atom is -0.459 e. The first-order chi connectivity index (χ1) is 12.1. The number of carbonyl (C=O) groups is 2. The van der Waals surface area contributed by atoms with Gasteiger partial charge in [0, 0.05) is 22.5 Å². The summed E-state index contributed by atoms with van der Waals surface area (Å²) in [7, 11) is 1.75. The minimum absolute atomic E-state index is 0.0470. The fraction of sp³-hybridized carbons (Fsp3) is 0.0526. The number of rotatable bonds is 2. The Balaban J connectivity index is 1.70. The summed E-state index contributed by atoms with van der Waals surface area (Å²) in [5.74, 6) is -0.108. The largest absolute Gasteiger partial charge is 0.459 e. The van der Waals surface area contributed by atoms with E-state index in [2.05, 4.69) is 5.32 Å². The van der Waals surface area contributed by atoms with Gasteiger partial charge in [0.05, 0.1) is 17.5 Å². The topological polar surface area (TPSA) is 62.6 Å². The van der Waals surface area contributed by atoms with Crippen molar-refractivity contribution in [3.63, 3.8) is 0 Å². The van der Waals surface area contributed by atoms with Crippen molar-refractivity contribution < 1.29 is 14.0 Å². The summed E-state index contributed by atoms with van der Waals surface area (Å²) < 4.78 is 5.11. The number of nitrogens with zero attached hydrogens (tertiary/aromatic N) is 1. The van der Waals surface area contributed by atoms with E-state index < -0.39 is 0 Å². The molecule has 1 aliphatic rings. The fourth-order valence-corrected chi connectivity index (χ4v) is 3.84. The number of hydrogen-bond donors (Lipinski definition) is 1. The number of nitrogens with one attached hydrogen (secondary N) is 1. The molecule has 5 nitrogen and oxygen atoms in total. The number of amides is 2. The van der Waals surface area contributed by atoms with Crippen LogP contribution in [0.5, 0.6) is 0 Å². The molecule has 4 rings (SSSR count). The first-order valence-corrected chi connectivity index (χ1v) is 8.49. The third-order valence-electron chi connectivity index (χ3n) is 3.97. The molecule has 0 aliphatic carbocycles. The van der Waals surface area contributed by atoms with Crippen LogP contribution in [-0.4, -0.2) is 18.9 Å². The number of benzene rings is 2. The summed E-state index contributed by atoms with van der Waals surface area (Å²) in [4.78, 5) is 28.2. The smallest absolute Gasteiger partial charge is 0.291 e. The normalized spacial score (nSPS) is 13.0. The van der Waals surface area contributed by atoms with Crippen molar-refractivity contribution in [1.82, 2.24) is 0 Å². The highest BCUT2D eigenvalue weighted by atomic mass is 32.2. The van der Waals surface area contributed by atoms with E-state index in [-0.39, 0.29) is 17.6 Å². The molecule has 0 atom stereocenters. The molecule has 6 heteroatoms. The van der Waals surface area contributed by atoms with Crippen LogP contribution in [0.3, 0.4) is 0 Å². The molecule has 0 spiro atoms. The highest BCUT2D eigenvalue weighted by Gasteiger charge is 2.24. The van der Waals surface area contributed by atoms with Gasteiger partial charge in [-0.2, -0.15) is 0 Å². The lowest BCUT2D eigenvalue weighted by atomic mass is 10.2. The van der Waals surface area contributed by atoms with Gasteiger partial charge in [-0.1, -0.05) is 23.9 Å². The van der Waals surface area contributed by atoms with Crippen molar-refractivity contribution >= 4 is 35.0 Å². The second-order valence-corrected chi connectivity index (χ2v) is 6.66. The first kappa shape index (κ1) is 15.5. The zero-order valence-electron chi connectivity index (χ0n) is 13.4. The van der Waals surface area contributed by atoms with Crippen LogP contribution in [0.4, 0.5) is 11.4 Å². The molecular weight excluding hydrogens is 336 g/mol. The van der Waals surface area contributed by atoms with E-state index in [0.717, 1.165) is 15.5 Å². The van der Waals surface area contributed by atoms with Crippen molar-refractivity contribution in [2.24, 2.45) is 0 Å². The van der Waals surface area contributed by atoms with E-state index in [1.807, 2.05) is 36.4 Å². The Kier molecular flexibility index (Phi) is 3.82. The molecule has 1 aromatic heterocycles. The number of anilines is 2. The van der Waals surface area contributed by atoms with Gasteiger partial charge in [0.1, 0.15) is 0 Å². The van der Waals surface area contributed by atoms with Crippen LogP contribution in [-0.2, 0) is 0 Å². The number of carbonyl (C=O) groups excluding carboxylic acids is 2. The van der Waals surface area contributed by atoms with Gasteiger partial charge in [-0.15, -0.1) is 0 Å². The van der Waals surface area contributed by atoms with Gasteiger partial charge in [0.15, 0.2) is 5.76 Å². The van der Waals surface area contributed by atoms with Gasteiger partial charge in [-0.25, -0.2) is 0 Å². The first-order valence-electron chi connectivity index (χ1n) is 7.67. The van der Waals surface area contributed by atoms with Crippen molar-refractivity contribution in [3.8, 4) is 0 Å². The van der Waals surface area contributed by atoms with Crippen molar-refractivity contribution in [2.45, 2.75) is 9.79 Å². The van der Waals surface area contributed by atoms with E-state index in [9.17, 15) is 9.59 Å². The average molecular weight is 350 g/mol. The Hall–Kier alpha value is -2.99. The molecule has 124 valence electrons. The molecule has 0 bridgehead atoms. The maximum atomic E-state index is 12.6. The SMILES string of the molecule is CN1C(=O)c2ccccc2Sc2cc(NC(=O)c3ccco3)ccc21. The highest BCUT2D eigenvalue weighted by Crippen LogP contribution is 2.41. The molecule has 1 aliphatic heterocycles. The molecule has 3 aromatic rings. The average Bonchev–Trinajstić information content (AvgIpc) is 3.13. The predicted octanol–water partition coefficient (Wildman–Crippen LogP) is 4.27. The Morgan fingerprint density at radius 3 is 2.72 bits per heavy atom. The zero-order valence-corrected chi connectivity index (χ0v) is 14.2. The quantitative estimate of drug-likeness (QED) is 0.749. The maximum absolute atomic E-state index is 12.6. The van der Waals surface area contributed by atoms with Gasteiger partial charge in [0.2, 0.25) is 0 Å².